The van der Waals surface area contributed by atoms with Crippen molar-refractivity contribution < 1.29 is 4.79 Å². The number of thioether (sulfide) groups is 1. The number of piperidine rings is 1. The van der Waals surface area contributed by atoms with Crippen LogP contribution in [0.15, 0.2) is 65.8 Å². The molecule has 5 rings (SSSR count). The zero-order chi connectivity index (χ0) is 22.6. The van der Waals surface area contributed by atoms with Crippen molar-refractivity contribution in [1.29, 1.82) is 0 Å². The SMILES string of the molecule is CCN1CCC(N(C(=O)CSc2nnc(-c3ccccc3)n2-c2ccccc2)C2CC2)CC1. The fourth-order valence-electron chi connectivity index (χ4n) is 4.72. The zero-order valence-electron chi connectivity index (χ0n) is 19.1. The summed E-state index contributed by atoms with van der Waals surface area (Å²) in [6, 6.07) is 21.1. The molecular weight excluding hydrogens is 430 g/mol. The fourth-order valence-corrected chi connectivity index (χ4v) is 5.54. The van der Waals surface area contributed by atoms with Crippen molar-refractivity contribution in [2.24, 2.45) is 0 Å². The van der Waals surface area contributed by atoms with Crippen LogP contribution >= 0.6 is 11.8 Å². The first kappa shape index (κ1) is 22.2. The highest BCUT2D eigenvalue weighted by Gasteiger charge is 2.38. The molecule has 1 aliphatic carbocycles. The summed E-state index contributed by atoms with van der Waals surface area (Å²) in [5.41, 5.74) is 2.01. The third-order valence-electron chi connectivity index (χ3n) is 6.63. The van der Waals surface area contributed by atoms with Crippen LogP contribution in [0.5, 0.6) is 0 Å². The molecule has 3 aromatic rings. The van der Waals surface area contributed by atoms with Gasteiger partial charge in [0.2, 0.25) is 5.91 Å². The van der Waals surface area contributed by atoms with Crippen LogP contribution in [0.25, 0.3) is 17.1 Å². The lowest BCUT2D eigenvalue weighted by atomic mass is 10.0. The Morgan fingerprint density at radius 1 is 0.939 bits per heavy atom. The number of carbonyl (C=O) groups excluding carboxylic acids is 1. The summed E-state index contributed by atoms with van der Waals surface area (Å²) in [5, 5.41) is 9.75. The van der Waals surface area contributed by atoms with Crippen molar-refractivity contribution in [2.75, 3.05) is 25.4 Å². The van der Waals surface area contributed by atoms with Gasteiger partial charge in [-0.25, -0.2) is 0 Å². The maximum Gasteiger partial charge on any atom is 0.233 e. The van der Waals surface area contributed by atoms with Gasteiger partial charge in [-0.15, -0.1) is 10.2 Å². The van der Waals surface area contributed by atoms with Crippen LogP contribution in [-0.4, -0.2) is 67.9 Å². The van der Waals surface area contributed by atoms with E-state index in [0.717, 1.165) is 67.5 Å². The predicted octanol–water partition coefficient (Wildman–Crippen LogP) is 4.50. The van der Waals surface area contributed by atoms with Crippen LogP contribution in [0, 0.1) is 0 Å². The summed E-state index contributed by atoms with van der Waals surface area (Å²) in [5.74, 6) is 1.42. The third kappa shape index (κ3) is 4.99. The van der Waals surface area contributed by atoms with Gasteiger partial charge in [0.25, 0.3) is 0 Å². The van der Waals surface area contributed by atoms with E-state index in [4.69, 9.17) is 0 Å². The molecule has 33 heavy (non-hydrogen) atoms. The molecular formula is C26H31N5OS. The third-order valence-corrected chi connectivity index (χ3v) is 7.54. The molecule has 2 fully saturated rings. The number of aromatic nitrogens is 3. The van der Waals surface area contributed by atoms with Crippen molar-refractivity contribution in [3.05, 3.63) is 60.7 Å². The molecule has 0 unspecified atom stereocenters. The van der Waals surface area contributed by atoms with E-state index in [2.05, 4.69) is 43.6 Å². The first-order valence-corrected chi connectivity index (χ1v) is 13.0. The van der Waals surface area contributed by atoms with Crippen LogP contribution in [0.3, 0.4) is 0 Å². The monoisotopic (exact) mass is 461 g/mol. The van der Waals surface area contributed by atoms with Gasteiger partial charge in [0.15, 0.2) is 11.0 Å². The minimum atomic E-state index is 0.237. The number of carbonyl (C=O) groups is 1. The van der Waals surface area contributed by atoms with Gasteiger partial charge >= 0.3 is 0 Å². The average molecular weight is 462 g/mol. The summed E-state index contributed by atoms with van der Waals surface area (Å²) in [7, 11) is 0. The normalized spacial score (nSPS) is 17.2. The zero-order valence-corrected chi connectivity index (χ0v) is 20.0. The Labute approximate surface area is 200 Å². The van der Waals surface area contributed by atoms with Gasteiger partial charge in [-0.2, -0.15) is 0 Å². The highest BCUT2D eigenvalue weighted by molar-refractivity contribution is 7.99. The minimum Gasteiger partial charge on any atom is -0.336 e. The van der Waals surface area contributed by atoms with Gasteiger partial charge in [-0.3, -0.25) is 9.36 Å². The lowest BCUT2D eigenvalue weighted by Crippen LogP contribution is -2.49. The molecule has 2 aliphatic rings. The Morgan fingerprint density at radius 2 is 1.58 bits per heavy atom. The van der Waals surface area contributed by atoms with Gasteiger partial charge in [0, 0.05) is 36.4 Å². The highest BCUT2D eigenvalue weighted by Crippen LogP contribution is 2.34. The number of hydrogen-bond acceptors (Lipinski definition) is 5. The van der Waals surface area contributed by atoms with E-state index in [1.807, 2.05) is 48.5 Å². The summed E-state index contributed by atoms with van der Waals surface area (Å²) in [6.45, 7) is 5.49. The van der Waals surface area contributed by atoms with Crippen LogP contribution < -0.4 is 0 Å². The second-order valence-electron chi connectivity index (χ2n) is 8.83. The quantitative estimate of drug-likeness (QED) is 0.462. The maximum absolute atomic E-state index is 13.4. The Balaban J connectivity index is 1.35. The number of nitrogens with zero attached hydrogens (tertiary/aromatic N) is 5. The summed E-state index contributed by atoms with van der Waals surface area (Å²) < 4.78 is 2.06. The molecule has 1 amide bonds. The van der Waals surface area contributed by atoms with Crippen molar-refractivity contribution in [2.45, 2.75) is 49.8 Å². The Kier molecular flexibility index (Phi) is 6.78. The molecule has 172 valence electrons. The number of rotatable bonds is 8. The predicted molar refractivity (Wildman–Crippen MR) is 133 cm³/mol. The van der Waals surface area contributed by atoms with E-state index in [9.17, 15) is 4.79 Å². The lowest BCUT2D eigenvalue weighted by Gasteiger charge is -2.38. The van der Waals surface area contributed by atoms with Gasteiger partial charge in [-0.05, 0) is 44.4 Å². The maximum atomic E-state index is 13.4. The standard InChI is InChI=1S/C26H31N5OS/c1-2-29-17-15-23(16-18-29)30(22-13-14-22)24(32)19-33-26-28-27-25(20-9-5-3-6-10-20)31(26)21-11-7-4-8-12-21/h3-12,22-23H,2,13-19H2,1H3. The van der Waals surface area contributed by atoms with Crippen molar-refractivity contribution >= 4 is 17.7 Å². The Morgan fingerprint density at radius 3 is 2.21 bits per heavy atom. The molecule has 1 aromatic heterocycles. The molecule has 2 heterocycles. The van der Waals surface area contributed by atoms with E-state index < -0.39 is 0 Å². The van der Waals surface area contributed by atoms with E-state index in [1.54, 1.807) is 0 Å². The fraction of sp³-hybridized carbons (Fsp3) is 0.423. The van der Waals surface area contributed by atoms with Crippen LogP contribution in [0.1, 0.15) is 32.6 Å². The summed E-state index contributed by atoms with van der Waals surface area (Å²) in [6.07, 6.45) is 4.45. The van der Waals surface area contributed by atoms with E-state index in [0.29, 0.717) is 17.8 Å². The molecule has 6 nitrogen and oxygen atoms in total. The molecule has 0 atom stereocenters. The van der Waals surface area contributed by atoms with Gasteiger partial charge in [0.1, 0.15) is 0 Å². The Bertz CT molecular complexity index is 1060. The number of benzene rings is 2. The van der Waals surface area contributed by atoms with Crippen LogP contribution in [0.4, 0.5) is 0 Å². The smallest absolute Gasteiger partial charge is 0.233 e. The Hall–Kier alpha value is -2.64. The first-order valence-electron chi connectivity index (χ1n) is 12.0. The minimum absolute atomic E-state index is 0.237. The molecule has 0 N–H and O–H groups in total. The lowest BCUT2D eigenvalue weighted by molar-refractivity contribution is -0.132. The average Bonchev–Trinajstić information content (AvgIpc) is 3.61. The first-order chi connectivity index (χ1) is 16.2. The molecule has 1 saturated carbocycles. The second-order valence-corrected chi connectivity index (χ2v) is 9.77. The molecule has 1 saturated heterocycles. The van der Waals surface area contributed by atoms with Gasteiger partial charge < -0.3 is 9.80 Å². The van der Waals surface area contributed by atoms with Gasteiger partial charge in [-0.1, -0.05) is 67.2 Å². The highest BCUT2D eigenvalue weighted by atomic mass is 32.2. The topological polar surface area (TPSA) is 54.3 Å². The van der Waals surface area contributed by atoms with E-state index in [1.165, 1.54) is 11.8 Å². The van der Waals surface area contributed by atoms with Crippen molar-refractivity contribution in [3.63, 3.8) is 0 Å². The van der Waals surface area contributed by atoms with Crippen molar-refractivity contribution in [3.8, 4) is 17.1 Å². The number of likely N-dealkylation sites (tertiary alicyclic amines) is 1. The molecule has 0 bridgehead atoms. The van der Waals surface area contributed by atoms with Crippen LogP contribution in [0.2, 0.25) is 0 Å². The molecule has 7 heteroatoms. The van der Waals surface area contributed by atoms with Gasteiger partial charge in [0.05, 0.1) is 5.75 Å². The molecule has 0 radical (unpaired) electrons. The van der Waals surface area contributed by atoms with E-state index >= 15 is 0 Å². The summed E-state index contributed by atoms with van der Waals surface area (Å²) >= 11 is 1.50. The molecule has 1 aliphatic heterocycles. The second kappa shape index (κ2) is 10.1. The largest absolute Gasteiger partial charge is 0.336 e. The molecule has 2 aromatic carbocycles. The van der Waals surface area contributed by atoms with Crippen molar-refractivity contribution in [1.82, 2.24) is 24.6 Å². The number of hydrogen-bond donors (Lipinski definition) is 0. The van der Waals surface area contributed by atoms with Crippen LogP contribution in [-0.2, 0) is 4.79 Å². The number of amides is 1. The molecule has 0 spiro atoms. The van der Waals surface area contributed by atoms with E-state index in [-0.39, 0.29) is 5.91 Å². The number of para-hydroxylation sites is 1. The summed E-state index contributed by atoms with van der Waals surface area (Å²) in [4.78, 5) is 18.1.